The van der Waals surface area contributed by atoms with Crippen molar-refractivity contribution >= 4 is 50.6 Å². The Hall–Kier alpha value is -0.595. The topological polar surface area (TPSA) is 55.4 Å². The van der Waals surface area contributed by atoms with Crippen LogP contribution in [-0.4, -0.2) is 34.4 Å². The van der Waals surface area contributed by atoms with Crippen LogP contribution in [0.4, 0.5) is 9.18 Å². The number of thiol groups is 1. The molecule has 0 aliphatic carbocycles. The number of carbonyl (C=O) groups excluding carboxylic acids is 1. The van der Waals surface area contributed by atoms with Crippen molar-refractivity contribution in [3.05, 3.63) is 33.0 Å². The van der Waals surface area contributed by atoms with Gasteiger partial charge in [-0.2, -0.15) is 0 Å². The van der Waals surface area contributed by atoms with Crippen LogP contribution >= 0.6 is 27.5 Å². The molecule has 0 aromatic heterocycles. The van der Waals surface area contributed by atoms with Crippen LogP contribution in [0, 0.1) is 5.82 Å². The van der Waals surface area contributed by atoms with Crippen LogP contribution < -0.4 is 5.32 Å². The average Bonchev–Trinajstić information content (AvgIpc) is 2.41. The molecule has 140 valence electrons. The maximum atomic E-state index is 13.5. The zero-order valence-electron chi connectivity index (χ0n) is 14.6. The molecular weight excluding hydrogens is 431 g/mol. The number of rotatable bonds is 7. The zero-order valence-corrected chi connectivity index (χ0v) is 17.8. The molecule has 4 nitrogen and oxygen atoms in total. The summed E-state index contributed by atoms with van der Waals surface area (Å²) in [4.78, 5) is 11.9. The first kappa shape index (κ1) is 22.4. The molecule has 0 saturated heterocycles. The Bertz CT molecular complexity index is 663. The van der Waals surface area contributed by atoms with Crippen molar-refractivity contribution in [2.24, 2.45) is 0 Å². The summed E-state index contributed by atoms with van der Waals surface area (Å²) in [6, 6.07) is 2.97. The Morgan fingerprint density at radius 2 is 2.12 bits per heavy atom. The number of benzene rings is 1. The monoisotopic (exact) mass is 453 g/mol. The minimum atomic E-state index is -1.64. The summed E-state index contributed by atoms with van der Waals surface area (Å²) >= 11 is 8.97. The molecule has 1 aromatic rings. The van der Waals surface area contributed by atoms with E-state index in [2.05, 4.69) is 28.0 Å². The molecule has 2 atom stereocenters. The molecule has 1 rings (SSSR count). The van der Waals surface area contributed by atoms with E-state index in [1.54, 1.807) is 32.9 Å². The van der Waals surface area contributed by atoms with E-state index >= 15 is 0 Å². The van der Waals surface area contributed by atoms with Gasteiger partial charge in [0, 0.05) is 0 Å². The van der Waals surface area contributed by atoms with Crippen molar-refractivity contribution in [1.29, 1.82) is 0 Å². The van der Waals surface area contributed by atoms with Crippen LogP contribution in [0.5, 0.6) is 0 Å². The summed E-state index contributed by atoms with van der Waals surface area (Å²) in [5, 5.41) is 2.81. The van der Waals surface area contributed by atoms with Crippen LogP contribution in [0.3, 0.4) is 0 Å². The fraction of sp³-hybridized carbons (Fsp3) is 0.562. The fourth-order valence-electron chi connectivity index (χ4n) is 2.23. The van der Waals surface area contributed by atoms with E-state index in [0.29, 0.717) is 23.7 Å². The number of nitrogens with one attached hydrogen (secondary N) is 1. The van der Waals surface area contributed by atoms with Gasteiger partial charge in [-0.1, -0.05) is 0 Å². The predicted molar refractivity (Wildman–Crippen MR) is 107 cm³/mol. The van der Waals surface area contributed by atoms with Gasteiger partial charge in [-0.15, -0.1) is 0 Å². The summed E-state index contributed by atoms with van der Waals surface area (Å²) in [6.07, 6.45) is 1.42. The number of aryl methyl sites for hydroxylation is 1. The summed E-state index contributed by atoms with van der Waals surface area (Å²) < 4.78 is 30.5. The standard InChI is InChI=1S/C16H23BBrClFNO3S/c1-16(2,3)24-15(22)21-11(9-25(17)23)6-4-5-10-7-12(18)14(20)13(19)8-10/h7-8,11,17,25H,4-6,9H2,1-3H3,(H,21,22)/t11-/m1/s1. The van der Waals surface area contributed by atoms with Gasteiger partial charge in [0.2, 0.25) is 0 Å². The second-order valence-electron chi connectivity index (χ2n) is 6.77. The van der Waals surface area contributed by atoms with Crippen LogP contribution in [0.1, 0.15) is 39.2 Å². The maximum absolute atomic E-state index is 13.5. The van der Waals surface area contributed by atoms with E-state index in [4.69, 9.17) is 16.3 Å². The van der Waals surface area contributed by atoms with Crippen LogP contribution in [-0.2, 0) is 21.4 Å². The Balaban J connectivity index is 2.63. The van der Waals surface area contributed by atoms with Gasteiger partial charge in [0.25, 0.3) is 0 Å². The second-order valence-corrected chi connectivity index (χ2v) is 9.36. The molecule has 0 aliphatic rings. The number of ether oxygens (including phenoxy) is 1. The third-order valence-electron chi connectivity index (χ3n) is 3.21. The molecule has 0 spiro atoms. The summed E-state index contributed by atoms with van der Waals surface area (Å²) in [5.74, 6) is -0.202. The Kier molecular flexibility index (Phi) is 8.91. The summed E-state index contributed by atoms with van der Waals surface area (Å²) in [5.41, 5.74) is 0.284. The second kappa shape index (κ2) is 9.93. The van der Waals surface area contributed by atoms with E-state index in [1.165, 1.54) is 0 Å². The average molecular weight is 455 g/mol. The summed E-state index contributed by atoms with van der Waals surface area (Å²) in [6.45, 7) is 8.84. The van der Waals surface area contributed by atoms with Gasteiger partial charge < -0.3 is 0 Å². The Morgan fingerprint density at radius 3 is 2.64 bits per heavy atom. The van der Waals surface area contributed by atoms with Crippen molar-refractivity contribution in [3.63, 3.8) is 0 Å². The normalized spacial score (nSPS) is 14.0. The molecule has 9 heteroatoms. The van der Waals surface area contributed by atoms with Gasteiger partial charge >= 0.3 is 164 Å². The molecule has 1 amide bonds. The van der Waals surface area contributed by atoms with Gasteiger partial charge in [0.1, 0.15) is 0 Å². The van der Waals surface area contributed by atoms with Crippen molar-refractivity contribution < 1.29 is 18.1 Å². The minimum absolute atomic E-state index is 0.0636. The molecule has 1 N–H and O–H groups in total. The van der Waals surface area contributed by atoms with E-state index in [9.17, 15) is 13.4 Å². The van der Waals surface area contributed by atoms with Crippen molar-refractivity contribution in [3.8, 4) is 0 Å². The number of halogens is 3. The van der Waals surface area contributed by atoms with E-state index in [1.807, 2.05) is 0 Å². The van der Waals surface area contributed by atoms with Gasteiger partial charge in [0.05, 0.1) is 0 Å². The molecule has 0 saturated carbocycles. The van der Waals surface area contributed by atoms with Crippen molar-refractivity contribution in [1.82, 2.24) is 5.32 Å². The van der Waals surface area contributed by atoms with E-state index < -0.39 is 27.7 Å². The predicted octanol–water partition coefficient (Wildman–Crippen LogP) is 3.75. The molecule has 0 aliphatic heterocycles. The van der Waals surface area contributed by atoms with Crippen LogP contribution in [0.15, 0.2) is 16.6 Å². The van der Waals surface area contributed by atoms with Crippen molar-refractivity contribution in [2.45, 2.75) is 51.7 Å². The van der Waals surface area contributed by atoms with Crippen molar-refractivity contribution in [2.75, 3.05) is 5.75 Å². The molecule has 1 unspecified atom stereocenters. The first-order valence-corrected chi connectivity index (χ1v) is 10.7. The van der Waals surface area contributed by atoms with Crippen LogP contribution in [0.2, 0.25) is 5.02 Å². The van der Waals surface area contributed by atoms with Gasteiger partial charge in [0.15, 0.2) is 0 Å². The van der Waals surface area contributed by atoms with E-state index in [0.717, 1.165) is 5.56 Å². The zero-order chi connectivity index (χ0) is 19.2. The van der Waals surface area contributed by atoms with Gasteiger partial charge in [-0.25, -0.2) is 0 Å². The quantitative estimate of drug-likeness (QED) is 0.375. The summed E-state index contributed by atoms with van der Waals surface area (Å²) in [7, 11) is -1.64. The number of alkyl carbamates (subject to hydrolysis) is 1. The number of amides is 1. The van der Waals surface area contributed by atoms with Gasteiger partial charge in [-0.05, 0) is 0 Å². The molecule has 0 radical (unpaired) electrons. The Labute approximate surface area is 164 Å². The first-order chi connectivity index (χ1) is 11.5. The Morgan fingerprint density at radius 1 is 1.48 bits per heavy atom. The molecular formula is C16H23BBrClFNO3S. The molecule has 0 bridgehead atoms. The first-order valence-electron chi connectivity index (χ1n) is 7.86. The SMILES string of the molecule is B=[SH](=O)C[C@@H](CCCc1cc(Cl)c(F)c(Br)c1)NC(=O)OC(C)(C)C. The van der Waals surface area contributed by atoms with E-state index in [-0.39, 0.29) is 16.8 Å². The van der Waals surface area contributed by atoms with Gasteiger partial charge in [-0.3, -0.25) is 0 Å². The molecule has 0 fully saturated rings. The van der Waals surface area contributed by atoms with Crippen LogP contribution in [0.25, 0.3) is 0 Å². The molecule has 1 aromatic carbocycles. The number of hydrogen-bond donors (Lipinski definition) is 2. The third kappa shape index (κ3) is 9.06. The number of carbonyl (C=O) groups is 1. The third-order valence-corrected chi connectivity index (χ3v) is 4.91. The molecule has 25 heavy (non-hydrogen) atoms. The fourth-order valence-corrected chi connectivity index (χ4v) is 3.86. The number of hydrogen-bond acceptors (Lipinski definition) is 3. The molecule has 0 heterocycles.